The maximum absolute atomic E-state index is 10.8. The fourth-order valence-electron chi connectivity index (χ4n) is 2.10. The van der Waals surface area contributed by atoms with Crippen LogP contribution in [0, 0.1) is 10.1 Å². The summed E-state index contributed by atoms with van der Waals surface area (Å²) in [7, 11) is 0. The van der Waals surface area contributed by atoms with E-state index >= 15 is 0 Å². The van der Waals surface area contributed by atoms with Gasteiger partial charge in [0.15, 0.2) is 12.4 Å². The van der Waals surface area contributed by atoms with Gasteiger partial charge in [-0.3, -0.25) is 10.1 Å². The van der Waals surface area contributed by atoms with E-state index < -0.39 is 4.92 Å². The van der Waals surface area contributed by atoms with Crippen LogP contribution in [0.3, 0.4) is 0 Å². The zero-order valence-corrected chi connectivity index (χ0v) is 11.6. The number of aromatic nitrogens is 1. The maximum Gasteiger partial charge on any atom is 0.433 e. The van der Waals surface area contributed by atoms with E-state index in [1.807, 2.05) is 71.6 Å². The van der Waals surface area contributed by atoms with Crippen LogP contribution >= 0.6 is 0 Å². The van der Waals surface area contributed by atoms with Crippen molar-refractivity contribution in [3.8, 4) is 0 Å². The number of benzene rings is 1. The Bertz CT molecular complexity index is 808. The molecule has 2 heterocycles. The fourth-order valence-corrected chi connectivity index (χ4v) is 2.10. The molecule has 0 unspecified atom stereocenters. The van der Waals surface area contributed by atoms with Gasteiger partial charge in [-0.1, -0.05) is 36.4 Å². The van der Waals surface area contributed by atoms with E-state index in [4.69, 9.17) is 4.42 Å². The number of nitro groups is 1. The summed E-state index contributed by atoms with van der Waals surface area (Å²) in [6.45, 7) is 0. The zero-order chi connectivity index (χ0) is 15.4. The van der Waals surface area contributed by atoms with E-state index in [1.54, 1.807) is 6.07 Å². The summed E-state index contributed by atoms with van der Waals surface area (Å²) < 4.78 is 7.20. The molecule has 22 heavy (non-hydrogen) atoms. The van der Waals surface area contributed by atoms with E-state index in [2.05, 4.69) is 0 Å². The Balaban J connectivity index is 2.11. The molecule has 0 spiro atoms. The molecule has 0 bridgehead atoms. The van der Waals surface area contributed by atoms with Crippen molar-refractivity contribution in [2.75, 3.05) is 0 Å². The number of rotatable bonds is 4. The normalized spacial score (nSPS) is 11.4. The van der Waals surface area contributed by atoms with Crippen molar-refractivity contribution in [2.24, 2.45) is 0 Å². The monoisotopic (exact) mass is 293 g/mol. The van der Waals surface area contributed by atoms with Gasteiger partial charge in [-0.2, -0.15) is 4.57 Å². The number of hydrogen-bond donors (Lipinski definition) is 0. The van der Waals surface area contributed by atoms with Gasteiger partial charge in [0.25, 0.3) is 5.70 Å². The Labute approximate surface area is 126 Å². The van der Waals surface area contributed by atoms with Crippen LogP contribution in [0.4, 0.5) is 5.88 Å². The molecule has 108 valence electrons. The van der Waals surface area contributed by atoms with Gasteiger partial charge in [-0.15, -0.1) is 0 Å². The first-order valence-corrected chi connectivity index (χ1v) is 6.72. The second kappa shape index (κ2) is 6.05. The predicted molar refractivity (Wildman–Crippen MR) is 81.7 cm³/mol. The van der Waals surface area contributed by atoms with Crippen LogP contribution in [-0.4, -0.2) is 4.92 Å². The second-order valence-corrected chi connectivity index (χ2v) is 4.62. The maximum atomic E-state index is 10.8. The minimum absolute atomic E-state index is 0.273. The Morgan fingerprint density at radius 3 is 2.32 bits per heavy atom. The molecule has 0 atom stereocenters. The van der Waals surface area contributed by atoms with Crippen molar-refractivity contribution in [1.82, 2.24) is 0 Å². The van der Waals surface area contributed by atoms with E-state index in [1.165, 1.54) is 6.07 Å². The van der Waals surface area contributed by atoms with Crippen molar-refractivity contribution in [3.05, 3.63) is 94.5 Å². The first-order valence-electron chi connectivity index (χ1n) is 6.72. The molecule has 3 rings (SSSR count). The first kappa shape index (κ1) is 13.8. The van der Waals surface area contributed by atoms with Gasteiger partial charge in [-0.25, -0.2) is 0 Å². The molecule has 0 aliphatic rings. The minimum atomic E-state index is -0.542. The van der Waals surface area contributed by atoms with Gasteiger partial charge < -0.3 is 4.42 Å². The third-order valence-electron chi connectivity index (χ3n) is 3.12. The standard InChI is InChI=1S/C17H13N2O3/c20-19(21)17-10-9-16(22-17)15(18-11-5-2-6-12-18)13-14-7-3-1-4-8-14/h1-13H/q+1/b15-13-. The van der Waals surface area contributed by atoms with E-state index in [9.17, 15) is 10.1 Å². The molecule has 0 saturated carbocycles. The lowest BCUT2D eigenvalue weighted by atomic mass is 10.1. The average molecular weight is 293 g/mol. The Morgan fingerprint density at radius 2 is 1.68 bits per heavy atom. The molecule has 0 aliphatic heterocycles. The number of pyridine rings is 1. The SMILES string of the molecule is O=[N+]([O-])c1ccc(/C(=C/c2ccccc2)[n+]2ccccc2)o1. The molecular formula is C17H13N2O3+. The molecule has 2 aromatic heterocycles. The second-order valence-electron chi connectivity index (χ2n) is 4.62. The van der Waals surface area contributed by atoms with Crippen molar-refractivity contribution in [1.29, 1.82) is 0 Å². The van der Waals surface area contributed by atoms with E-state index in [0.29, 0.717) is 5.76 Å². The highest BCUT2D eigenvalue weighted by Crippen LogP contribution is 2.22. The quantitative estimate of drug-likeness (QED) is 0.420. The summed E-state index contributed by atoms with van der Waals surface area (Å²) >= 11 is 0. The molecular weight excluding hydrogens is 280 g/mol. The Morgan fingerprint density at radius 1 is 1.00 bits per heavy atom. The third-order valence-corrected chi connectivity index (χ3v) is 3.12. The van der Waals surface area contributed by atoms with Gasteiger partial charge in [-0.05, 0) is 11.6 Å². The molecule has 1 aromatic carbocycles. The molecule has 0 fully saturated rings. The highest BCUT2D eigenvalue weighted by Gasteiger charge is 2.21. The van der Waals surface area contributed by atoms with Crippen LogP contribution < -0.4 is 4.57 Å². The lowest BCUT2D eigenvalue weighted by molar-refractivity contribution is -0.579. The summed E-state index contributed by atoms with van der Waals surface area (Å²) in [4.78, 5) is 10.3. The van der Waals surface area contributed by atoms with E-state index in [-0.39, 0.29) is 5.88 Å². The van der Waals surface area contributed by atoms with Gasteiger partial charge in [0.2, 0.25) is 5.76 Å². The van der Waals surface area contributed by atoms with Crippen LogP contribution in [0.5, 0.6) is 0 Å². The molecule has 5 heteroatoms. The Kier molecular flexibility index (Phi) is 3.78. The lowest BCUT2D eigenvalue weighted by Gasteiger charge is -1.99. The van der Waals surface area contributed by atoms with Gasteiger partial charge in [0.1, 0.15) is 4.92 Å². The van der Waals surface area contributed by atoms with E-state index in [0.717, 1.165) is 11.3 Å². The summed E-state index contributed by atoms with van der Waals surface area (Å²) in [5.41, 5.74) is 1.70. The molecule has 0 N–H and O–H groups in total. The highest BCUT2D eigenvalue weighted by molar-refractivity contribution is 5.74. The zero-order valence-electron chi connectivity index (χ0n) is 11.6. The third kappa shape index (κ3) is 2.93. The smallest absolute Gasteiger partial charge is 0.394 e. The van der Waals surface area contributed by atoms with Crippen molar-refractivity contribution in [2.45, 2.75) is 0 Å². The largest absolute Gasteiger partial charge is 0.433 e. The fraction of sp³-hybridized carbons (Fsp3) is 0. The summed E-state index contributed by atoms with van der Waals surface area (Å²) in [6, 6.07) is 18.4. The van der Waals surface area contributed by atoms with Crippen molar-refractivity contribution >= 4 is 17.7 Å². The molecule has 0 aliphatic carbocycles. The van der Waals surface area contributed by atoms with Crippen LogP contribution in [0.15, 0.2) is 77.5 Å². The van der Waals surface area contributed by atoms with Gasteiger partial charge in [0, 0.05) is 18.2 Å². The lowest BCUT2D eigenvalue weighted by Crippen LogP contribution is -2.31. The summed E-state index contributed by atoms with van der Waals surface area (Å²) in [6.07, 6.45) is 5.65. The van der Waals surface area contributed by atoms with Crippen LogP contribution in [0.2, 0.25) is 0 Å². The average Bonchev–Trinajstić information content (AvgIpc) is 3.04. The van der Waals surface area contributed by atoms with Crippen molar-refractivity contribution in [3.63, 3.8) is 0 Å². The Hall–Kier alpha value is -3.21. The van der Waals surface area contributed by atoms with Crippen LogP contribution in [0.1, 0.15) is 11.3 Å². The van der Waals surface area contributed by atoms with Gasteiger partial charge >= 0.3 is 5.88 Å². The molecule has 0 amide bonds. The topological polar surface area (TPSA) is 60.2 Å². The number of nitrogens with zero attached hydrogens (tertiary/aromatic N) is 2. The first-order chi connectivity index (χ1) is 10.7. The highest BCUT2D eigenvalue weighted by atomic mass is 16.6. The van der Waals surface area contributed by atoms with Crippen LogP contribution in [0.25, 0.3) is 11.8 Å². The number of furan rings is 1. The molecule has 5 nitrogen and oxygen atoms in total. The van der Waals surface area contributed by atoms with Gasteiger partial charge in [0.05, 0.1) is 6.07 Å². The van der Waals surface area contributed by atoms with Crippen molar-refractivity contribution < 1.29 is 13.9 Å². The minimum Gasteiger partial charge on any atom is -0.394 e. The summed E-state index contributed by atoms with van der Waals surface area (Å²) in [5.74, 6) is 0.164. The molecule has 3 aromatic rings. The summed E-state index contributed by atoms with van der Waals surface area (Å²) in [5, 5.41) is 10.8. The predicted octanol–water partition coefficient (Wildman–Crippen LogP) is 3.52. The van der Waals surface area contributed by atoms with Crippen LogP contribution in [-0.2, 0) is 0 Å². The molecule has 0 radical (unpaired) electrons. The number of hydrogen-bond acceptors (Lipinski definition) is 3. The molecule has 0 saturated heterocycles.